The number of carbonyl (C=O) groups excluding carboxylic acids is 1. The van der Waals surface area contributed by atoms with Crippen LogP contribution in [-0.4, -0.2) is 30.4 Å². The minimum atomic E-state index is -1.48. The van der Waals surface area contributed by atoms with Crippen molar-refractivity contribution >= 4 is 23.3 Å². The Morgan fingerprint density at radius 3 is 2.28 bits per heavy atom. The Labute approximate surface area is 268 Å². The average Bonchev–Trinajstić information content (AvgIpc) is 3.04. The van der Waals surface area contributed by atoms with Crippen LogP contribution in [0.2, 0.25) is 0 Å². The number of benzene rings is 4. The van der Waals surface area contributed by atoms with Crippen molar-refractivity contribution in [3.8, 4) is 17.6 Å². The summed E-state index contributed by atoms with van der Waals surface area (Å²) in [4.78, 5) is 25.6. The normalized spacial score (nSPS) is 12.7. The quantitative estimate of drug-likeness (QED) is 0.112. The number of amides is 1. The van der Waals surface area contributed by atoms with E-state index in [-0.39, 0.29) is 24.9 Å². The molecule has 0 aliphatic carbocycles. The van der Waals surface area contributed by atoms with Crippen LogP contribution < -0.4 is 25.4 Å². The van der Waals surface area contributed by atoms with Gasteiger partial charge in [0.1, 0.15) is 18.1 Å². The first-order chi connectivity index (χ1) is 22.2. The molecule has 0 saturated carbocycles. The number of aliphatic carboxylic acids is 1. The second kappa shape index (κ2) is 16.1. The van der Waals surface area contributed by atoms with E-state index in [2.05, 4.69) is 16.0 Å². The van der Waals surface area contributed by atoms with Crippen LogP contribution in [0.15, 0.2) is 91.0 Å². The number of rotatable bonds is 15. The van der Waals surface area contributed by atoms with Crippen LogP contribution in [0.25, 0.3) is 0 Å². The predicted octanol–water partition coefficient (Wildman–Crippen LogP) is 6.92. The lowest BCUT2D eigenvalue weighted by atomic mass is 9.92. The molecule has 4 rings (SSSR count). The smallest absolute Gasteiger partial charge is 0.330 e. The van der Waals surface area contributed by atoms with Gasteiger partial charge in [0.2, 0.25) is 12.3 Å². The Hall–Kier alpha value is -5.40. The second-order valence-electron chi connectivity index (χ2n) is 10.8. The fourth-order valence-electron chi connectivity index (χ4n) is 4.97. The molecule has 4 N–H and O–H groups in total. The number of nitriles is 1. The van der Waals surface area contributed by atoms with Crippen molar-refractivity contribution in [2.45, 2.75) is 51.7 Å². The van der Waals surface area contributed by atoms with Gasteiger partial charge in [-0.25, -0.2) is 9.18 Å². The van der Waals surface area contributed by atoms with E-state index in [1.807, 2.05) is 43.3 Å². The lowest BCUT2D eigenvalue weighted by molar-refractivity contribution is -0.138. The highest BCUT2D eigenvalue weighted by Crippen LogP contribution is 2.34. The third-order valence-electron chi connectivity index (χ3n) is 7.20. The van der Waals surface area contributed by atoms with Crippen LogP contribution in [0.4, 0.5) is 15.8 Å². The summed E-state index contributed by atoms with van der Waals surface area (Å²) in [5.41, 5.74) is 4.34. The number of carboxylic acid groups (broad SMARTS) is 1. The Kier molecular flexibility index (Phi) is 11.7. The van der Waals surface area contributed by atoms with Gasteiger partial charge in [-0.3, -0.25) is 4.79 Å². The topological polar surface area (TPSA) is 133 Å². The number of nitrogens with zero attached hydrogens (tertiary/aromatic N) is 1. The molecule has 0 spiro atoms. The molecule has 238 valence electrons. The summed E-state index contributed by atoms with van der Waals surface area (Å²) in [6, 6.07) is 27.3. The third-order valence-corrected chi connectivity index (χ3v) is 7.20. The minimum absolute atomic E-state index is 0.0765. The molecule has 0 saturated heterocycles. The Morgan fingerprint density at radius 1 is 0.935 bits per heavy atom. The molecule has 0 aromatic heterocycles. The summed E-state index contributed by atoms with van der Waals surface area (Å²) in [7, 11) is 1.76. The van der Waals surface area contributed by atoms with E-state index in [1.54, 1.807) is 67.7 Å². The number of halogens is 1. The van der Waals surface area contributed by atoms with Gasteiger partial charge in [0, 0.05) is 36.8 Å². The number of anilines is 2. The lowest BCUT2D eigenvalue weighted by Crippen LogP contribution is -2.21. The van der Waals surface area contributed by atoms with Crippen molar-refractivity contribution in [2.24, 2.45) is 0 Å². The van der Waals surface area contributed by atoms with Crippen molar-refractivity contribution in [2.75, 3.05) is 17.7 Å². The SMILES string of the molecule is CNCc1cc(NC(=O)C[C@@H](C)c2cc(C(Nc3ccc(C#N)cc3)C(=O)O)ccc2OCc2ccccc2)ccc1OC(C)F. The highest BCUT2D eigenvalue weighted by Gasteiger charge is 2.24. The summed E-state index contributed by atoms with van der Waals surface area (Å²) in [5.74, 6) is -0.795. The number of hydrogen-bond donors (Lipinski definition) is 4. The van der Waals surface area contributed by atoms with Crippen molar-refractivity contribution in [3.63, 3.8) is 0 Å². The number of hydrogen-bond acceptors (Lipinski definition) is 7. The highest BCUT2D eigenvalue weighted by atomic mass is 19.1. The standard InChI is InChI=1S/C36H37FN4O5/c1-23(17-34(42)40-30-14-16-32(46-24(2)37)28(18-30)21-39-3)31-19-27(11-15-33(31)45-22-26-7-5-4-6-8-26)35(36(43)44)41-29-12-9-25(20-38)10-13-29/h4-16,18-19,23-24,35,39,41H,17,21-22H2,1-3H3,(H,40,42)(H,43,44)/t23-,24?,35?/m1/s1. The van der Waals surface area contributed by atoms with Crippen LogP contribution in [0.3, 0.4) is 0 Å². The van der Waals surface area contributed by atoms with Gasteiger partial charge in [-0.15, -0.1) is 0 Å². The molecule has 3 atom stereocenters. The monoisotopic (exact) mass is 624 g/mol. The molecule has 0 radical (unpaired) electrons. The summed E-state index contributed by atoms with van der Waals surface area (Å²) < 4.78 is 24.9. The first kappa shape index (κ1) is 33.5. The van der Waals surface area contributed by atoms with Crippen LogP contribution in [0, 0.1) is 11.3 Å². The van der Waals surface area contributed by atoms with Crippen molar-refractivity contribution < 1.29 is 28.6 Å². The van der Waals surface area contributed by atoms with Gasteiger partial charge in [0.25, 0.3) is 0 Å². The van der Waals surface area contributed by atoms with E-state index in [4.69, 9.17) is 14.7 Å². The number of ether oxygens (including phenoxy) is 2. The largest absolute Gasteiger partial charge is 0.489 e. The average molecular weight is 625 g/mol. The van der Waals surface area contributed by atoms with Crippen molar-refractivity contribution in [3.05, 3.63) is 119 Å². The van der Waals surface area contributed by atoms with Gasteiger partial charge >= 0.3 is 5.97 Å². The fraction of sp³-hybridized carbons (Fsp3) is 0.250. The van der Waals surface area contributed by atoms with Gasteiger partial charge in [-0.2, -0.15) is 5.26 Å². The highest BCUT2D eigenvalue weighted by molar-refractivity contribution is 5.91. The van der Waals surface area contributed by atoms with Gasteiger partial charge in [0.15, 0.2) is 6.04 Å². The zero-order valence-electron chi connectivity index (χ0n) is 25.9. The maximum absolute atomic E-state index is 13.5. The van der Waals surface area contributed by atoms with Crippen LogP contribution >= 0.6 is 0 Å². The van der Waals surface area contributed by atoms with Gasteiger partial charge in [0.05, 0.1) is 11.6 Å². The van der Waals surface area contributed by atoms with E-state index in [0.717, 1.165) is 5.56 Å². The van der Waals surface area contributed by atoms with E-state index in [1.165, 1.54) is 6.92 Å². The van der Waals surface area contributed by atoms with E-state index in [0.29, 0.717) is 51.7 Å². The lowest BCUT2D eigenvalue weighted by Gasteiger charge is -2.22. The number of carboxylic acids is 1. The van der Waals surface area contributed by atoms with Crippen LogP contribution in [0.5, 0.6) is 11.5 Å². The molecule has 4 aromatic rings. The summed E-state index contributed by atoms with van der Waals surface area (Å²) in [5, 5.41) is 28.2. The zero-order chi connectivity index (χ0) is 33.1. The molecule has 1 amide bonds. The Bertz CT molecular complexity index is 1670. The third kappa shape index (κ3) is 9.30. The fourth-order valence-corrected chi connectivity index (χ4v) is 4.97. The van der Waals surface area contributed by atoms with E-state index < -0.39 is 18.4 Å². The van der Waals surface area contributed by atoms with Crippen molar-refractivity contribution in [1.29, 1.82) is 5.26 Å². The van der Waals surface area contributed by atoms with Crippen molar-refractivity contribution in [1.82, 2.24) is 5.32 Å². The molecule has 0 aliphatic heterocycles. The first-order valence-corrected chi connectivity index (χ1v) is 14.8. The van der Waals surface area contributed by atoms with E-state index >= 15 is 0 Å². The van der Waals surface area contributed by atoms with Gasteiger partial charge < -0.3 is 30.5 Å². The first-order valence-electron chi connectivity index (χ1n) is 14.8. The van der Waals surface area contributed by atoms with Crippen LogP contribution in [0.1, 0.15) is 60.0 Å². The van der Waals surface area contributed by atoms with E-state index in [9.17, 15) is 19.1 Å². The molecule has 0 aliphatic rings. The number of nitrogens with one attached hydrogen (secondary N) is 3. The summed E-state index contributed by atoms with van der Waals surface area (Å²) in [6.07, 6.45) is -1.40. The molecule has 46 heavy (non-hydrogen) atoms. The second-order valence-corrected chi connectivity index (χ2v) is 10.8. The van der Waals surface area contributed by atoms with Gasteiger partial charge in [-0.05, 0) is 84.3 Å². The Balaban J connectivity index is 1.58. The van der Waals surface area contributed by atoms with Crippen LogP contribution in [-0.2, 0) is 22.7 Å². The molecular weight excluding hydrogens is 587 g/mol. The molecular formula is C36H37FN4O5. The molecule has 0 fully saturated rings. The zero-order valence-corrected chi connectivity index (χ0v) is 25.9. The Morgan fingerprint density at radius 2 is 1.63 bits per heavy atom. The number of carbonyl (C=O) groups is 2. The van der Waals surface area contributed by atoms with Gasteiger partial charge in [-0.1, -0.05) is 43.3 Å². The summed E-state index contributed by atoms with van der Waals surface area (Å²) in [6.45, 7) is 3.88. The predicted molar refractivity (Wildman–Crippen MR) is 174 cm³/mol. The molecule has 4 aromatic carbocycles. The summed E-state index contributed by atoms with van der Waals surface area (Å²) >= 11 is 0. The molecule has 2 unspecified atom stereocenters. The molecule has 0 heterocycles. The number of alkyl halides is 1. The molecule has 10 heteroatoms. The molecule has 0 bridgehead atoms. The molecule has 9 nitrogen and oxygen atoms in total. The minimum Gasteiger partial charge on any atom is -0.489 e. The maximum atomic E-state index is 13.5. The maximum Gasteiger partial charge on any atom is 0.330 e.